The Kier molecular flexibility index (Phi) is 7.95. The number of primary amides is 1. The molecule has 0 fully saturated rings. The molecule has 12 heteroatoms. The Morgan fingerprint density at radius 3 is 2.57 bits per heavy atom. The number of rotatable bonds is 8. The summed E-state index contributed by atoms with van der Waals surface area (Å²) in [6.07, 6.45) is -4.02. The van der Waals surface area contributed by atoms with Crippen LogP contribution < -0.4 is 15.8 Å². The molecule has 3 aromatic rings. The normalized spacial score (nSPS) is 11.3. The number of amides is 2. The minimum Gasteiger partial charge on any atom is -0.436 e. The summed E-state index contributed by atoms with van der Waals surface area (Å²) >= 11 is 1.33. The van der Waals surface area contributed by atoms with Crippen LogP contribution in [-0.4, -0.2) is 27.5 Å². The van der Waals surface area contributed by atoms with Gasteiger partial charge in [0.1, 0.15) is 5.56 Å². The van der Waals surface area contributed by atoms with Crippen molar-refractivity contribution in [1.82, 2.24) is 9.97 Å². The molecule has 0 saturated heterocycles. The van der Waals surface area contributed by atoms with Crippen LogP contribution >= 0.6 is 11.8 Å². The monoisotopic (exact) mass is 508 g/mol. The van der Waals surface area contributed by atoms with Gasteiger partial charge in [-0.3, -0.25) is 9.59 Å². The third-order valence-electron chi connectivity index (χ3n) is 4.76. The first-order valence-corrected chi connectivity index (χ1v) is 11.1. The number of carbonyl (C=O) groups excluding carboxylic acids is 2. The Morgan fingerprint density at radius 1 is 1.17 bits per heavy atom. The predicted molar refractivity (Wildman–Crippen MR) is 122 cm³/mol. The van der Waals surface area contributed by atoms with Gasteiger partial charge >= 0.3 is 6.18 Å². The topological polar surface area (TPSA) is 107 Å². The number of ether oxygens (including phenoxy) is 1. The SMILES string of the molecule is Cc1nc(F)ccc1Oc1ncc(C(F)(F)F)c(C)c1C(=O)Nc1cccc(SCCC(N)=O)c1. The fourth-order valence-corrected chi connectivity index (χ4v) is 3.99. The molecule has 0 saturated carbocycles. The van der Waals surface area contributed by atoms with Gasteiger partial charge in [0.25, 0.3) is 5.91 Å². The molecule has 184 valence electrons. The summed E-state index contributed by atoms with van der Waals surface area (Å²) in [7, 11) is 0. The third-order valence-corrected chi connectivity index (χ3v) is 5.75. The van der Waals surface area contributed by atoms with Gasteiger partial charge in [-0.15, -0.1) is 11.8 Å². The fraction of sp³-hybridized carbons (Fsp3) is 0.217. The summed E-state index contributed by atoms with van der Waals surface area (Å²) in [6, 6.07) is 8.80. The number of halogens is 4. The largest absolute Gasteiger partial charge is 0.436 e. The number of nitrogens with one attached hydrogen (secondary N) is 1. The van der Waals surface area contributed by atoms with Crippen molar-refractivity contribution in [3.05, 3.63) is 70.9 Å². The Labute approximate surface area is 202 Å². The van der Waals surface area contributed by atoms with Crippen LogP contribution in [0.3, 0.4) is 0 Å². The second-order valence-corrected chi connectivity index (χ2v) is 8.51. The van der Waals surface area contributed by atoms with Gasteiger partial charge in [-0.1, -0.05) is 6.07 Å². The number of hydrogen-bond donors (Lipinski definition) is 2. The number of aryl methyl sites for hydroxylation is 1. The molecular weight excluding hydrogens is 488 g/mol. The van der Waals surface area contributed by atoms with Crippen LogP contribution in [0.5, 0.6) is 11.6 Å². The molecule has 1 aromatic carbocycles. The molecule has 0 radical (unpaired) electrons. The van der Waals surface area contributed by atoms with Crippen molar-refractivity contribution < 1.29 is 31.9 Å². The lowest BCUT2D eigenvalue weighted by atomic mass is 10.0. The van der Waals surface area contributed by atoms with Crippen molar-refractivity contribution in [2.24, 2.45) is 5.73 Å². The molecule has 2 heterocycles. The first-order valence-electron chi connectivity index (χ1n) is 10.2. The first kappa shape index (κ1) is 25.9. The van der Waals surface area contributed by atoms with E-state index in [1.807, 2.05) is 0 Å². The maximum atomic E-state index is 13.5. The van der Waals surface area contributed by atoms with Crippen LogP contribution in [0.1, 0.15) is 33.6 Å². The maximum Gasteiger partial charge on any atom is 0.418 e. The quantitative estimate of drug-likeness (QED) is 0.244. The molecule has 0 aliphatic heterocycles. The van der Waals surface area contributed by atoms with Gasteiger partial charge in [0.05, 0.1) is 11.3 Å². The number of alkyl halides is 3. The highest BCUT2D eigenvalue weighted by atomic mass is 32.2. The van der Waals surface area contributed by atoms with E-state index in [-0.39, 0.29) is 23.4 Å². The summed E-state index contributed by atoms with van der Waals surface area (Å²) in [6.45, 7) is 2.58. The Balaban J connectivity index is 1.95. The second kappa shape index (κ2) is 10.7. The average molecular weight is 508 g/mol. The molecular formula is C23H20F4N4O3S. The van der Waals surface area contributed by atoms with E-state index in [1.165, 1.54) is 24.8 Å². The van der Waals surface area contributed by atoms with Gasteiger partial charge in [-0.05, 0) is 49.7 Å². The van der Waals surface area contributed by atoms with Crippen LogP contribution in [0.2, 0.25) is 0 Å². The average Bonchev–Trinajstić information content (AvgIpc) is 2.75. The van der Waals surface area contributed by atoms with E-state index >= 15 is 0 Å². The summed E-state index contributed by atoms with van der Waals surface area (Å²) in [5.41, 5.74) is 3.64. The standard InChI is InChI=1S/C23H20F4N4O3S/c1-12-16(23(25,26)27)11-29-22(34-17-6-7-18(24)30-13(17)2)20(12)21(33)31-14-4-3-5-15(10-14)35-9-8-19(28)32/h3-7,10-11H,8-9H2,1-2H3,(H2,28,32)(H,31,33). The lowest BCUT2D eigenvalue weighted by molar-refractivity contribution is -0.138. The summed E-state index contributed by atoms with van der Waals surface area (Å²) in [5.74, 6) is -2.04. The third kappa shape index (κ3) is 6.69. The van der Waals surface area contributed by atoms with Crippen molar-refractivity contribution in [3.63, 3.8) is 0 Å². The molecule has 0 unspecified atom stereocenters. The van der Waals surface area contributed by atoms with Gasteiger partial charge < -0.3 is 15.8 Å². The van der Waals surface area contributed by atoms with Crippen LogP contribution in [0, 0.1) is 19.8 Å². The van der Waals surface area contributed by atoms with Crippen molar-refractivity contribution in [2.75, 3.05) is 11.1 Å². The number of thioether (sulfide) groups is 1. The minimum absolute atomic E-state index is 0.0277. The van der Waals surface area contributed by atoms with E-state index in [4.69, 9.17) is 10.5 Å². The predicted octanol–water partition coefficient (Wildman–Crippen LogP) is 5.26. The lowest BCUT2D eigenvalue weighted by Crippen LogP contribution is -2.19. The van der Waals surface area contributed by atoms with E-state index < -0.39 is 40.9 Å². The first-order chi connectivity index (χ1) is 16.5. The highest BCUT2D eigenvalue weighted by molar-refractivity contribution is 7.99. The number of nitrogens with two attached hydrogens (primary N) is 1. The van der Waals surface area contributed by atoms with Gasteiger partial charge in [0, 0.05) is 29.0 Å². The van der Waals surface area contributed by atoms with Crippen molar-refractivity contribution >= 4 is 29.3 Å². The zero-order valence-electron chi connectivity index (χ0n) is 18.6. The molecule has 0 atom stereocenters. The second-order valence-electron chi connectivity index (χ2n) is 7.34. The van der Waals surface area contributed by atoms with E-state index in [9.17, 15) is 27.2 Å². The van der Waals surface area contributed by atoms with Crippen molar-refractivity contribution in [2.45, 2.75) is 31.3 Å². The molecule has 0 aliphatic rings. The van der Waals surface area contributed by atoms with Gasteiger partial charge in [-0.25, -0.2) is 9.97 Å². The van der Waals surface area contributed by atoms with E-state index in [0.717, 1.165) is 13.0 Å². The van der Waals surface area contributed by atoms with Gasteiger partial charge in [-0.2, -0.15) is 17.6 Å². The molecule has 0 spiro atoms. The van der Waals surface area contributed by atoms with E-state index in [2.05, 4.69) is 15.3 Å². The molecule has 0 bridgehead atoms. The lowest BCUT2D eigenvalue weighted by Gasteiger charge is -2.17. The molecule has 35 heavy (non-hydrogen) atoms. The zero-order valence-corrected chi connectivity index (χ0v) is 19.4. The number of anilines is 1. The number of benzene rings is 1. The highest BCUT2D eigenvalue weighted by Gasteiger charge is 2.36. The van der Waals surface area contributed by atoms with Crippen LogP contribution in [0.15, 0.2) is 47.5 Å². The Hall–Kier alpha value is -3.67. The summed E-state index contributed by atoms with van der Waals surface area (Å²) < 4.78 is 59.5. The number of pyridine rings is 2. The number of nitrogens with zero attached hydrogens (tertiary/aromatic N) is 2. The smallest absolute Gasteiger partial charge is 0.418 e. The van der Waals surface area contributed by atoms with Crippen LogP contribution in [-0.2, 0) is 11.0 Å². The van der Waals surface area contributed by atoms with Gasteiger partial charge in [0.15, 0.2) is 5.75 Å². The van der Waals surface area contributed by atoms with Crippen molar-refractivity contribution in [1.29, 1.82) is 0 Å². The fourth-order valence-electron chi connectivity index (χ4n) is 3.07. The number of hydrogen-bond acceptors (Lipinski definition) is 6. The maximum absolute atomic E-state index is 13.5. The van der Waals surface area contributed by atoms with Crippen LogP contribution in [0.25, 0.3) is 0 Å². The van der Waals surface area contributed by atoms with Crippen LogP contribution in [0.4, 0.5) is 23.2 Å². The Bertz CT molecular complexity index is 1270. The van der Waals surface area contributed by atoms with Gasteiger partial charge in [0.2, 0.25) is 17.7 Å². The highest BCUT2D eigenvalue weighted by Crippen LogP contribution is 2.37. The molecule has 2 aromatic heterocycles. The molecule has 2 amide bonds. The number of aromatic nitrogens is 2. The molecule has 3 rings (SSSR count). The van der Waals surface area contributed by atoms with Crippen molar-refractivity contribution in [3.8, 4) is 11.6 Å². The molecule has 7 nitrogen and oxygen atoms in total. The van der Waals surface area contributed by atoms with E-state index in [0.29, 0.717) is 22.5 Å². The minimum atomic E-state index is -4.75. The zero-order chi connectivity index (χ0) is 25.8. The molecule has 0 aliphatic carbocycles. The Morgan fingerprint density at radius 2 is 1.91 bits per heavy atom. The molecule has 3 N–H and O–H groups in total. The number of carbonyl (C=O) groups is 2. The summed E-state index contributed by atoms with van der Waals surface area (Å²) in [4.78, 5) is 32.1. The summed E-state index contributed by atoms with van der Waals surface area (Å²) in [5, 5.41) is 2.56. The van der Waals surface area contributed by atoms with E-state index in [1.54, 1.807) is 24.3 Å².